The molecule has 1 heterocycles. The highest BCUT2D eigenvalue weighted by atomic mass is 79.9. The molecule has 1 aromatic carbocycles. The normalized spacial score (nSPS) is 29.2. The van der Waals surface area contributed by atoms with Gasteiger partial charge in [-0.3, -0.25) is 4.90 Å². The molecule has 1 fully saturated rings. The molecule has 4 heteroatoms. The van der Waals surface area contributed by atoms with Crippen molar-refractivity contribution < 1.29 is 4.74 Å². The highest BCUT2D eigenvalue weighted by Gasteiger charge is 2.32. The maximum atomic E-state index is 5.98. The van der Waals surface area contributed by atoms with Crippen molar-refractivity contribution in [1.82, 2.24) is 4.90 Å². The third-order valence-electron chi connectivity index (χ3n) is 4.30. The lowest BCUT2D eigenvalue weighted by Gasteiger charge is -2.38. The van der Waals surface area contributed by atoms with Crippen molar-refractivity contribution in [3.05, 3.63) is 33.8 Å². The van der Waals surface area contributed by atoms with E-state index in [0.717, 1.165) is 19.7 Å². The monoisotopic (exact) mass is 324 g/mol. The number of ether oxygens (including phenoxy) is 1. The SMILES string of the molecule is CC(N)C1CN(C2CCc3cc(Br)ccc32)CCO1. The number of rotatable bonds is 2. The zero-order valence-electron chi connectivity index (χ0n) is 11.3. The lowest BCUT2D eigenvalue weighted by atomic mass is 10.0. The summed E-state index contributed by atoms with van der Waals surface area (Å²) in [6.45, 7) is 4.81. The lowest BCUT2D eigenvalue weighted by Crippen LogP contribution is -2.50. The quantitative estimate of drug-likeness (QED) is 0.908. The average molecular weight is 325 g/mol. The molecular weight excluding hydrogens is 304 g/mol. The van der Waals surface area contributed by atoms with Gasteiger partial charge in [-0.25, -0.2) is 0 Å². The summed E-state index contributed by atoms with van der Waals surface area (Å²) >= 11 is 3.56. The molecule has 1 aliphatic heterocycles. The maximum absolute atomic E-state index is 5.98. The van der Waals surface area contributed by atoms with Gasteiger partial charge in [0.2, 0.25) is 0 Å². The third-order valence-corrected chi connectivity index (χ3v) is 4.80. The zero-order valence-corrected chi connectivity index (χ0v) is 12.9. The van der Waals surface area contributed by atoms with Crippen molar-refractivity contribution in [1.29, 1.82) is 0 Å². The molecule has 2 N–H and O–H groups in total. The molecule has 0 aromatic heterocycles. The molecule has 3 atom stereocenters. The Morgan fingerprint density at radius 3 is 3.11 bits per heavy atom. The average Bonchev–Trinajstić information content (AvgIpc) is 2.81. The van der Waals surface area contributed by atoms with E-state index >= 15 is 0 Å². The Morgan fingerprint density at radius 1 is 1.47 bits per heavy atom. The van der Waals surface area contributed by atoms with Gasteiger partial charge in [-0.1, -0.05) is 22.0 Å². The Labute approximate surface area is 123 Å². The third kappa shape index (κ3) is 2.72. The van der Waals surface area contributed by atoms with Gasteiger partial charge in [0.25, 0.3) is 0 Å². The summed E-state index contributed by atoms with van der Waals surface area (Å²) in [6.07, 6.45) is 2.57. The Bertz CT molecular complexity index is 463. The molecular formula is C15H21BrN2O. The van der Waals surface area contributed by atoms with Crippen LogP contribution in [0.15, 0.2) is 22.7 Å². The van der Waals surface area contributed by atoms with E-state index in [-0.39, 0.29) is 12.1 Å². The van der Waals surface area contributed by atoms with Gasteiger partial charge in [-0.15, -0.1) is 0 Å². The number of hydrogen-bond donors (Lipinski definition) is 1. The summed E-state index contributed by atoms with van der Waals surface area (Å²) in [5, 5.41) is 0. The van der Waals surface area contributed by atoms with E-state index in [1.165, 1.54) is 28.4 Å². The second-order valence-electron chi connectivity index (χ2n) is 5.66. The first-order valence-electron chi connectivity index (χ1n) is 7.04. The number of benzene rings is 1. The number of aryl methyl sites for hydroxylation is 1. The molecule has 3 nitrogen and oxygen atoms in total. The predicted octanol–water partition coefficient (Wildman–Crippen LogP) is 2.48. The van der Waals surface area contributed by atoms with E-state index in [0.29, 0.717) is 6.04 Å². The molecule has 0 radical (unpaired) electrons. The molecule has 19 heavy (non-hydrogen) atoms. The topological polar surface area (TPSA) is 38.5 Å². The minimum absolute atomic E-state index is 0.105. The minimum atomic E-state index is 0.105. The van der Waals surface area contributed by atoms with E-state index in [1.54, 1.807) is 0 Å². The van der Waals surface area contributed by atoms with Crippen LogP contribution in [0.2, 0.25) is 0 Å². The molecule has 0 saturated carbocycles. The van der Waals surface area contributed by atoms with Crippen LogP contribution in [0.1, 0.15) is 30.5 Å². The summed E-state index contributed by atoms with van der Waals surface area (Å²) in [6, 6.07) is 7.34. The smallest absolute Gasteiger partial charge is 0.0850 e. The van der Waals surface area contributed by atoms with E-state index in [2.05, 4.69) is 39.0 Å². The summed E-state index contributed by atoms with van der Waals surface area (Å²) < 4.78 is 6.94. The van der Waals surface area contributed by atoms with Crippen LogP contribution >= 0.6 is 15.9 Å². The minimum Gasteiger partial charge on any atom is -0.374 e. The van der Waals surface area contributed by atoms with Crippen LogP contribution in [-0.2, 0) is 11.2 Å². The zero-order chi connectivity index (χ0) is 13.4. The van der Waals surface area contributed by atoms with Gasteiger partial charge in [-0.05, 0) is 43.0 Å². The summed E-state index contributed by atoms with van der Waals surface area (Å²) in [7, 11) is 0. The highest BCUT2D eigenvalue weighted by molar-refractivity contribution is 9.10. The van der Waals surface area contributed by atoms with Crippen molar-refractivity contribution in [3.63, 3.8) is 0 Å². The van der Waals surface area contributed by atoms with Crippen LogP contribution in [0.3, 0.4) is 0 Å². The number of nitrogens with two attached hydrogens (primary N) is 1. The molecule has 2 aliphatic rings. The van der Waals surface area contributed by atoms with E-state index < -0.39 is 0 Å². The van der Waals surface area contributed by atoms with E-state index in [4.69, 9.17) is 10.5 Å². The van der Waals surface area contributed by atoms with Crippen molar-refractivity contribution in [2.24, 2.45) is 5.73 Å². The van der Waals surface area contributed by atoms with Crippen molar-refractivity contribution in [3.8, 4) is 0 Å². The van der Waals surface area contributed by atoms with Crippen molar-refractivity contribution >= 4 is 15.9 Å². The number of halogens is 1. The van der Waals surface area contributed by atoms with Crippen LogP contribution in [0.5, 0.6) is 0 Å². The Balaban J connectivity index is 1.78. The Hall–Kier alpha value is -0.420. The van der Waals surface area contributed by atoms with Gasteiger partial charge in [0.1, 0.15) is 0 Å². The van der Waals surface area contributed by atoms with Crippen LogP contribution in [0, 0.1) is 0 Å². The number of nitrogens with zero attached hydrogens (tertiary/aromatic N) is 1. The first-order valence-corrected chi connectivity index (χ1v) is 7.84. The second kappa shape index (κ2) is 5.52. The van der Waals surface area contributed by atoms with Crippen molar-refractivity contribution in [2.75, 3.05) is 19.7 Å². The number of fused-ring (bicyclic) bond motifs is 1. The first kappa shape index (κ1) is 13.6. The van der Waals surface area contributed by atoms with Gasteiger partial charge < -0.3 is 10.5 Å². The molecule has 3 rings (SSSR count). The standard InChI is InChI=1S/C15H21BrN2O/c1-10(17)15-9-18(6-7-19-15)14-5-2-11-8-12(16)3-4-13(11)14/h3-4,8,10,14-15H,2,5-7,9,17H2,1H3. The molecule has 1 aliphatic carbocycles. The summed E-state index contributed by atoms with van der Waals surface area (Å²) in [5.74, 6) is 0. The molecule has 104 valence electrons. The van der Waals surface area contributed by atoms with Crippen LogP contribution in [0.4, 0.5) is 0 Å². The largest absolute Gasteiger partial charge is 0.374 e. The molecule has 0 amide bonds. The van der Waals surface area contributed by atoms with Gasteiger partial charge in [0.05, 0.1) is 12.7 Å². The van der Waals surface area contributed by atoms with Crippen LogP contribution in [0.25, 0.3) is 0 Å². The van der Waals surface area contributed by atoms with Crippen LogP contribution < -0.4 is 5.73 Å². The fourth-order valence-electron chi connectivity index (χ4n) is 3.24. The fraction of sp³-hybridized carbons (Fsp3) is 0.600. The summed E-state index contributed by atoms with van der Waals surface area (Å²) in [5.41, 5.74) is 8.97. The Morgan fingerprint density at radius 2 is 2.32 bits per heavy atom. The van der Waals surface area contributed by atoms with E-state index in [9.17, 15) is 0 Å². The van der Waals surface area contributed by atoms with E-state index in [1.807, 2.05) is 6.92 Å². The molecule has 1 saturated heterocycles. The van der Waals surface area contributed by atoms with Crippen LogP contribution in [-0.4, -0.2) is 36.7 Å². The Kier molecular flexibility index (Phi) is 3.94. The maximum Gasteiger partial charge on any atom is 0.0850 e. The first-order chi connectivity index (χ1) is 9.15. The highest BCUT2D eigenvalue weighted by Crippen LogP contribution is 2.37. The molecule has 0 bridgehead atoms. The number of morpholine rings is 1. The lowest BCUT2D eigenvalue weighted by molar-refractivity contribution is -0.0519. The van der Waals surface area contributed by atoms with Gasteiger partial charge in [-0.2, -0.15) is 0 Å². The van der Waals surface area contributed by atoms with Gasteiger partial charge in [0.15, 0.2) is 0 Å². The number of hydrogen-bond acceptors (Lipinski definition) is 3. The van der Waals surface area contributed by atoms with Gasteiger partial charge in [0, 0.05) is 29.6 Å². The molecule has 3 unspecified atom stereocenters. The molecule has 0 spiro atoms. The summed E-state index contributed by atoms with van der Waals surface area (Å²) in [4.78, 5) is 2.55. The predicted molar refractivity (Wildman–Crippen MR) is 80.2 cm³/mol. The van der Waals surface area contributed by atoms with Crippen molar-refractivity contribution in [2.45, 2.75) is 38.0 Å². The molecule has 1 aromatic rings. The fourth-order valence-corrected chi connectivity index (χ4v) is 3.65. The second-order valence-corrected chi connectivity index (χ2v) is 6.58. The van der Waals surface area contributed by atoms with Gasteiger partial charge >= 0.3 is 0 Å².